The van der Waals surface area contributed by atoms with Gasteiger partial charge in [-0.1, -0.05) is 41.9 Å². The summed E-state index contributed by atoms with van der Waals surface area (Å²) >= 11 is 6.30. The summed E-state index contributed by atoms with van der Waals surface area (Å²) in [5.74, 6) is 1.43. The van der Waals surface area contributed by atoms with Gasteiger partial charge in [-0.15, -0.1) is 0 Å². The highest BCUT2D eigenvalue weighted by Gasteiger charge is 2.20. The first-order valence-electron chi connectivity index (χ1n) is 13.4. The van der Waals surface area contributed by atoms with E-state index >= 15 is 0 Å². The molecule has 0 saturated heterocycles. The van der Waals surface area contributed by atoms with Gasteiger partial charge in [0.1, 0.15) is 6.61 Å². The second-order valence-electron chi connectivity index (χ2n) is 9.63. The van der Waals surface area contributed by atoms with Crippen LogP contribution in [0.4, 0.5) is 5.69 Å². The molecule has 0 fully saturated rings. The normalized spacial score (nSPS) is 15.2. The van der Waals surface area contributed by atoms with Crippen LogP contribution in [0.3, 0.4) is 0 Å². The van der Waals surface area contributed by atoms with E-state index < -0.39 is 0 Å². The Morgan fingerprint density at radius 2 is 1.77 bits per heavy atom. The van der Waals surface area contributed by atoms with E-state index in [1.807, 2.05) is 36.4 Å². The molecule has 4 aromatic rings. The van der Waals surface area contributed by atoms with E-state index in [1.54, 1.807) is 25.3 Å². The average Bonchev–Trinajstić information content (AvgIpc) is 3.21. The van der Waals surface area contributed by atoms with Gasteiger partial charge in [0.15, 0.2) is 17.2 Å². The molecule has 210 valence electrons. The minimum Gasteiger partial charge on any atom is -0.487 e. The number of carbonyl (C=O) groups is 1. The van der Waals surface area contributed by atoms with Crippen molar-refractivity contribution in [1.29, 1.82) is 0 Å². The van der Waals surface area contributed by atoms with Crippen molar-refractivity contribution in [2.75, 3.05) is 51.9 Å². The Hall–Kier alpha value is -3.56. The quantitative estimate of drug-likeness (QED) is 0.326. The fourth-order valence-electron chi connectivity index (χ4n) is 4.97. The van der Waals surface area contributed by atoms with Crippen LogP contribution in [0.1, 0.15) is 11.3 Å². The molecule has 1 N–H and O–H groups in total. The molecule has 9 heteroatoms. The summed E-state index contributed by atoms with van der Waals surface area (Å²) < 4.78 is 25.7. The number of carbonyl (C=O) groups excluding carboxylic acids is 1. The van der Waals surface area contributed by atoms with E-state index in [2.05, 4.69) is 33.8 Å². The van der Waals surface area contributed by atoms with E-state index in [4.69, 9.17) is 30.5 Å². The number of fused-ring (bicyclic) bond motifs is 3. The maximum absolute atomic E-state index is 13.4. The lowest BCUT2D eigenvalue weighted by Crippen LogP contribution is -2.35. The van der Waals surface area contributed by atoms with Crippen molar-refractivity contribution >= 4 is 34.1 Å². The molecular formula is C31H34ClN3O5. The van der Waals surface area contributed by atoms with Crippen LogP contribution in [0.2, 0.25) is 5.02 Å². The largest absolute Gasteiger partial charge is 0.487 e. The number of aromatic nitrogens is 1. The first-order valence-corrected chi connectivity index (χ1v) is 13.8. The van der Waals surface area contributed by atoms with Crippen molar-refractivity contribution in [2.24, 2.45) is 0 Å². The zero-order valence-electron chi connectivity index (χ0n) is 22.8. The molecule has 0 saturated carbocycles. The lowest BCUT2D eigenvalue weighted by molar-refractivity contribution is -0.117. The van der Waals surface area contributed by atoms with Crippen LogP contribution in [0.15, 0.2) is 66.7 Å². The van der Waals surface area contributed by atoms with Crippen molar-refractivity contribution in [1.82, 2.24) is 9.47 Å². The number of benzene rings is 3. The first-order chi connectivity index (χ1) is 19.5. The summed E-state index contributed by atoms with van der Waals surface area (Å²) in [6, 6.07) is 20.9. The minimum absolute atomic E-state index is 0.166. The van der Waals surface area contributed by atoms with Crippen molar-refractivity contribution in [3.05, 3.63) is 83.0 Å². The number of nitrogens with zero attached hydrogens (tertiary/aromatic N) is 2. The zero-order valence-corrected chi connectivity index (χ0v) is 23.6. The van der Waals surface area contributed by atoms with Gasteiger partial charge in [0.2, 0.25) is 5.91 Å². The van der Waals surface area contributed by atoms with Gasteiger partial charge in [0.25, 0.3) is 0 Å². The summed E-state index contributed by atoms with van der Waals surface area (Å²) in [5.41, 5.74) is 3.99. The van der Waals surface area contributed by atoms with Gasteiger partial charge in [-0.3, -0.25) is 9.69 Å². The van der Waals surface area contributed by atoms with E-state index in [1.165, 1.54) is 10.9 Å². The number of amides is 1. The summed E-state index contributed by atoms with van der Waals surface area (Å²) in [4.78, 5) is 15.5. The Balaban J connectivity index is 1.42. The van der Waals surface area contributed by atoms with Crippen LogP contribution in [-0.2, 0) is 27.4 Å². The highest BCUT2D eigenvalue weighted by Crippen LogP contribution is 2.36. The summed E-state index contributed by atoms with van der Waals surface area (Å²) in [7, 11) is 1.71. The van der Waals surface area contributed by atoms with E-state index in [0.29, 0.717) is 67.5 Å². The van der Waals surface area contributed by atoms with Gasteiger partial charge in [0.05, 0.1) is 32.1 Å². The number of anilines is 1. The van der Waals surface area contributed by atoms with Gasteiger partial charge in [-0.25, -0.2) is 0 Å². The van der Waals surface area contributed by atoms with Crippen molar-refractivity contribution < 1.29 is 23.7 Å². The zero-order chi connectivity index (χ0) is 27.9. The molecule has 0 spiro atoms. The lowest BCUT2D eigenvalue weighted by Gasteiger charge is -2.22. The summed E-state index contributed by atoms with van der Waals surface area (Å²) in [6.45, 7) is 6.07. The Bertz CT molecular complexity index is 1470. The number of ether oxygens (including phenoxy) is 4. The fourth-order valence-corrected chi connectivity index (χ4v) is 5.14. The molecule has 1 aliphatic heterocycles. The third-order valence-corrected chi connectivity index (χ3v) is 7.19. The number of methoxy groups -OCH3 is 1. The van der Waals surface area contributed by atoms with E-state index in [0.717, 1.165) is 17.8 Å². The second kappa shape index (κ2) is 13.2. The third-order valence-electron chi connectivity index (χ3n) is 6.95. The van der Waals surface area contributed by atoms with E-state index in [-0.39, 0.29) is 12.5 Å². The van der Waals surface area contributed by atoms with Gasteiger partial charge in [-0.2, -0.15) is 0 Å². The fraction of sp³-hybridized carbons (Fsp3) is 0.323. The monoisotopic (exact) mass is 563 g/mol. The molecule has 0 radical (unpaired) electrons. The van der Waals surface area contributed by atoms with Crippen LogP contribution in [-0.4, -0.2) is 62.0 Å². The Labute approximate surface area is 239 Å². The molecule has 0 atom stereocenters. The number of nitrogens with one attached hydrogen (secondary N) is 1. The standard InChI is InChI=1S/C31H34ClN3O5/c1-22-25(24-7-3-4-8-27(24)35(22)14-15-37-2)20-34-13-16-38-17-18-39-29-9-5-6-10-30(29)40-28-12-11-23(32)19-26(28)33-31(36)21-34/h3-12,19H,13-18,20-21H2,1-2H3,(H,33,36). The molecule has 40 heavy (non-hydrogen) atoms. The van der Waals surface area contributed by atoms with Crippen LogP contribution in [0, 0.1) is 6.92 Å². The molecular weight excluding hydrogens is 530 g/mol. The number of hydrogen-bond acceptors (Lipinski definition) is 6. The van der Waals surface area contributed by atoms with Crippen molar-refractivity contribution in [3.63, 3.8) is 0 Å². The molecule has 0 aliphatic carbocycles. The maximum Gasteiger partial charge on any atom is 0.238 e. The summed E-state index contributed by atoms with van der Waals surface area (Å²) in [6.07, 6.45) is 0. The molecule has 0 unspecified atom stereocenters. The SMILES string of the molecule is COCCn1c(C)c(CN2CCOCCOc3ccccc3Oc3ccc(Cl)cc3NC(=O)C2)c2ccccc21. The van der Waals surface area contributed by atoms with Crippen LogP contribution >= 0.6 is 11.6 Å². The van der Waals surface area contributed by atoms with Crippen molar-refractivity contribution in [3.8, 4) is 17.2 Å². The lowest BCUT2D eigenvalue weighted by atomic mass is 10.1. The minimum atomic E-state index is -0.174. The van der Waals surface area contributed by atoms with Gasteiger partial charge in [-0.05, 0) is 48.9 Å². The molecule has 5 rings (SSSR count). The number of rotatable bonds is 5. The van der Waals surface area contributed by atoms with Crippen LogP contribution in [0.5, 0.6) is 17.2 Å². The maximum atomic E-state index is 13.4. The number of para-hydroxylation sites is 3. The molecule has 8 nitrogen and oxygen atoms in total. The molecule has 2 heterocycles. The van der Waals surface area contributed by atoms with Gasteiger partial charge >= 0.3 is 0 Å². The molecule has 1 aromatic heterocycles. The first kappa shape index (κ1) is 28.0. The molecule has 1 amide bonds. The molecule has 0 bridgehead atoms. The van der Waals surface area contributed by atoms with Crippen LogP contribution < -0.4 is 14.8 Å². The average molecular weight is 564 g/mol. The Morgan fingerprint density at radius 1 is 0.975 bits per heavy atom. The predicted octanol–water partition coefficient (Wildman–Crippen LogP) is 5.89. The summed E-state index contributed by atoms with van der Waals surface area (Å²) in [5, 5.41) is 4.68. The Morgan fingerprint density at radius 3 is 2.62 bits per heavy atom. The smallest absolute Gasteiger partial charge is 0.238 e. The topological polar surface area (TPSA) is 74.2 Å². The van der Waals surface area contributed by atoms with Crippen molar-refractivity contribution in [2.45, 2.75) is 20.0 Å². The highest BCUT2D eigenvalue weighted by atomic mass is 35.5. The van der Waals surface area contributed by atoms with E-state index in [9.17, 15) is 4.79 Å². The Kier molecular flexibility index (Phi) is 9.23. The number of halogens is 1. The second-order valence-corrected chi connectivity index (χ2v) is 10.1. The van der Waals surface area contributed by atoms with Gasteiger partial charge < -0.3 is 28.8 Å². The van der Waals surface area contributed by atoms with Crippen LogP contribution in [0.25, 0.3) is 10.9 Å². The number of hydrogen-bond donors (Lipinski definition) is 1. The highest BCUT2D eigenvalue weighted by molar-refractivity contribution is 6.31. The third kappa shape index (κ3) is 6.59. The molecule has 3 aromatic carbocycles. The predicted molar refractivity (Wildman–Crippen MR) is 157 cm³/mol. The molecule has 1 aliphatic rings. The van der Waals surface area contributed by atoms with Gasteiger partial charge in [0, 0.05) is 48.4 Å².